The van der Waals surface area contributed by atoms with Gasteiger partial charge < -0.3 is 21.4 Å². The van der Waals surface area contributed by atoms with Crippen LogP contribution in [0.5, 0.6) is 0 Å². The van der Waals surface area contributed by atoms with E-state index in [1.807, 2.05) is 4.57 Å². The lowest BCUT2D eigenvalue weighted by Crippen LogP contribution is -2.32. The van der Waals surface area contributed by atoms with Gasteiger partial charge in [-0.1, -0.05) is 43.0 Å². The van der Waals surface area contributed by atoms with Crippen molar-refractivity contribution in [3.05, 3.63) is 27.5 Å². The van der Waals surface area contributed by atoms with Crippen LogP contribution in [0.25, 0.3) is 11.0 Å². The number of nitrogens with zero attached hydrogens (tertiary/aromatic N) is 2. The highest BCUT2D eigenvalue weighted by Crippen LogP contribution is 2.38. The van der Waals surface area contributed by atoms with E-state index in [4.69, 9.17) is 34.7 Å². The molecule has 0 spiro atoms. The van der Waals surface area contributed by atoms with Crippen molar-refractivity contribution in [2.75, 3.05) is 13.1 Å². The number of piperidine rings is 1. The van der Waals surface area contributed by atoms with Crippen LogP contribution in [0, 0.1) is 17.3 Å². The number of primary amides is 2. The van der Waals surface area contributed by atoms with Crippen LogP contribution in [-0.4, -0.2) is 34.5 Å². The Labute approximate surface area is 179 Å². The second-order valence-electron chi connectivity index (χ2n) is 7.81. The number of nitrogens with one attached hydrogen (secondary N) is 1. The molecule has 7 nitrogen and oxygen atoms in total. The standard InChI is InChI=1S/C20H23Cl2N5O2/c1-20(2,19(24)29)7-3-6-14-16(22)15-12(21)9-13(17(23)28)26-18(15)27(14)11-5-4-8-25-10-11/h9,11,25H,4-5,7-8,10H2,1-2H3,(H2,23,28)(H2,24,29)/t11-/m0/s1. The topological polar surface area (TPSA) is 116 Å². The number of pyridine rings is 1. The van der Waals surface area contributed by atoms with Crippen LogP contribution in [0.1, 0.15) is 55.3 Å². The van der Waals surface area contributed by atoms with Crippen molar-refractivity contribution in [3.63, 3.8) is 0 Å². The molecule has 0 aliphatic carbocycles. The Morgan fingerprint density at radius 2 is 2.10 bits per heavy atom. The summed E-state index contributed by atoms with van der Waals surface area (Å²) in [6.07, 6.45) is 2.15. The zero-order valence-corrected chi connectivity index (χ0v) is 17.8. The molecule has 2 aromatic heterocycles. The molecule has 1 aliphatic rings. The van der Waals surface area contributed by atoms with E-state index in [1.54, 1.807) is 13.8 Å². The summed E-state index contributed by atoms with van der Waals surface area (Å²) < 4.78 is 1.92. The molecular formula is C20H23Cl2N5O2. The summed E-state index contributed by atoms with van der Waals surface area (Å²) in [6.45, 7) is 5.12. The van der Waals surface area contributed by atoms with Gasteiger partial charge in [0.2, 0.25) is 5.91 Å². The number of amides is 2. The number of aromatic nitrogens is 2. The molecule has 3 heterocycles. The summed E-state index contributed by atoms with van der Waals surface area (Å²) in [5.74, 6) is 5.01. The van der Waals surface area contributed by atoms with Gasteiger partial charge in [0.15, 0.2) is 0 Å². The maximum absolute atomic E-state index is 11.7. The van der Waals surface area contributed by atoms with E-state index in [0.717, 1.165) is 19.4 Å². The minimum Gasteiger partial charge on any atom is -0.369 e. The average molecular weight is 436 g/mol. The first-order chi connectivity index (χ1) is 13.6. The quantitative estimate of drug-likeness (QED) is 0.639. The Morgan fingerprint density at radius 3 is 2.69 bits per heavy atom. The Balaban J connectivity index is 2.20. The number of hydrogen-bond acceptors (Lipinski definition) is 4. The van der Waals surface area contributed by atoms with Crippen molar-refractivity contribution >= 4 is 46.0 Å². The van der Waals surface area contributed by atoms with E-state index in [1.165, 1.54) is 6.07 Å². The van der Waals surface area contributed by atoms with Gasteiger partial charge in [-0.2, -0.15) is 0 Å². The summed E-state index contributed by atoms with van der Waals surface area (Å²) in [6, 6.07) is 1.45. The van der Waals surface area contributed by atoms with Crippen LogP contribution in [0.15, 0.2) is 6.07 Å². The van der Waals surface area contributed by atoms with Gasteiger partial charge in [-0.15, -0.1) is 0 Å². The molecule has 0 saturated carbocycles. The number of fused-ring (bicyclic) bond motifs is 1. The third-order valence-electron chi connectivity index (χ3n) is 5.14. The van der Waals surface area contributed by atoms with Crippen LogP contribution in [0.3, 0.4) is 0 Å². The third-order valence-corrected chi connectivity index (χ3v) is 5.81. The molecule has 29 heavy (non-hydrogen) atoms. The highest BCUT2D eigenvalue weighted by Gasteiger charge is 2.27. The average Bonchev–Trinajstić information content (AvgIpc) is 2.94. The number of halogens is 2. The molecule has 0 bridgehead atoms. The van der Waals surface area contributed by atoms with Gasteiger partial charge in [0, 0.05) is 19.0 Å². The molecule has 1 atom stereocenters. The lowest BCUT2D eigenvalue weighted by molar-refractivity contribution is -0.125. The van der Waals surface area contributed by atoms with E-state index < -0.39 is 17.2 Å². The number of rotatable bonds is 4. The van der Waals surface area contributed by atoms with Gasteiger partial charge in [-0.25, -0.2) is 4.98 Å². The summed E-state index contributed by atoms with van der Waals surface area (Å²) in [7, 11) is 0. The van der Waals surface area contributed by atoms with Gasteiger partial charge in [0.25, 0.3) is 5.91 Å². The zero-order chi connectivity index (χ0) is 21.3. The summed E-state index contributed by atoms with van der Waals surface area (Å²) in [4.78, 5) is 27.7. The fourth-order valence-electron chi connectivity index (χ4n) is 3.30. The second kappa shape index (κ2) is 8.23. The van der Waals surface area contributed by atoms with Crippen LogP contribution in [0.2, 0.25) is 10.0 Å². The molecule has 9 heteroatoms. The van der Waals surface area contributed by atoms with Crippen molar-refractivity contribution in [2.45, 2.75) is 39.2 Å². The summed E-state index contributed by atoms with van der Waals surface area (Å²) in [5, 5.41) is 4.54. The Kier molecular flexibility index (Phi) is 6.08. The minimum atomic E-state index is -0.766. The first-order valence-electron chi connectivity index (χ1n) is 9.32. The molecule has 1 saturated heterocycles. The molecule has 0 unspecified atom stereocenters. The smallest absolute Gasteiger partial charge is 0.267 e. The van der Waals surface area contributed by atoms with Crippen molar-refractivity contribution in [1.82, 2.24) is 14.9 Å². The molecule has 0 radical (unpaired) electrons. The molecule has 1 aliphatic heterocycles. The lowest BCUT2D eigenvalue weighted by Gasteiger charge is -2.26. The molecule has 0 aromatic carbocycles. The van der Waals surface area contributed by atoms with Crippen LogP contribution in [-0.2, 0) is 4.79 Å². The maximum atomic E-state index is 11.7. The van der Waals surface area contributed by atoms with E-state index >= 15 is 0 Å². The normalized spacial score (nSPS) is 17.0. The highest BCUT2D eigenvalue weighted by molar-refractivity contribution is 6.43. The lowest BCUT2D eigenvalue weighted by atomic mass is 9.89. The number of hydrogen-bond donors (Lipinski definition) is 3. The second-order valence-corrected chi connectivity index (χ2v) is 8.60. The van der Waals surface area contributed by atoms with Crippen molar-refractivity contribution in [3.8, 4) is 11.8 Å². The molecular weight excluding hydrogens is 413 g/mol. The Morgan fingerprint density at radius 1 is 1.38 bits per heavy atom. The predicted octanol–water partition coefficient (Wildman–Crippen LogP) is 2.62. The number of carbonyl (C=O) groups excluding carboxylic acids is 2. The van der Waals surface area contributed by atoms with Gasteiger partial charge >= 0.3 is 0 Å². The van der Waals surface area contributed by atoms with E-state index in [9.17, 15) is 9.59 Å². The van der Waals surface area contributed by atoms with Crippen molar-refractivity contribution in [1.29, 1.82) is 0 Å². The van der Waals surface area contributed by atoms with E-state index in [2.05, 4.69) is 22.1 Å². The molecule has 154 valence electrons. The fraction of sp³-hybridized carbons (Fsp3) is 0.450. The Bertz CT molecular complexity index is 1040. The van der Waals surface area contributed by atoms with Gasteiger partial charge in [0.1, 0.15) is 17.0 Å². The molecule has 5 N–H and O–H groups in total. The predicted molar refractivity (Wildman–Crippen MR) is 114 cm³/mol. The molecule has 2 amide bonds. The molecule has 3 rings (SSSR count). The molecule has 2 aromatic rings. The number of carbonyl (C=O) groups is 2. The van der Waals surface area contributed by atoms with Gasteiger partial charge in [0.05, 0.1) is 20.8 Å². The Hall–Kier alpha value is -2.27. The molecule has 1 fully saturated rings. The van der Waals surface area contributed by atoms with Crippen LogP contribution in [0.4, 0.5) is 0 Å². The maximum Gasteiger partial charge on any atom is 0.267 e. The highest BCUT2D eigenvalue weighted by atomic mass is 35.5. The third kappa shape index (κ3) is 4.20. The van der Waals surface area contributed by atoms with Crippen LogP contribution < -0.4 is 16.8 Å². The van der Waals surface area contributed by atoms with E-state index in [0.29, 0.717) is 28.3 Å². The monoisotopic (exact) mass is 435 g/mol. The number of nitrogens with two attached hydrogens (primary N) is 2. The fourth-order valence-corrected chi connectivity index (χ4v) is 3.95. The van der Waals surface area contributed by atoms with Crippen LogP contribution >= 0.6 is 23.2 Å². The minimum absolute atomic E-state index is 0.0406. The van der Waals surface area contributed by atoms with Crippen molar-refractivity contribution in [2.24, 2.45) is 16.9 Å². The largest absolute Gasteiger partial charge is 0.369 e. The summed E-state index contributed by atoms with van der Waals surface area (Å²) in [5.41, 5.74) is 11.2. The first-order valence-corrected chi connectivity index (χ1v) is 10.1. The first kappa shape index (κ1) is 21.4. The van der Waals surface area contributed by atoms with Gasteiger partial charge in [-0.05, 0) is 31.4 Å². The SMILES string of the molecule is CC(C)(CC#Cc1c(Cl)c2c(Cl)cc(C(N)=O)nc2n1[C@H]1CCCNC1)C(N)=O. The zero-order valence-electron chi connectivity index (χ0n) is 16.3. The summed E-state index contributed by atoms with van der Waals surface area (Å²) >= 11 is 13.1. The van der Waals surface area contributed by atoms with Crippen molar-refractivity contribution < 1.29 is 9.59 Å². The van der Waals surface area contributed by atoms with E-state index in [-0.39, 0.29) is 23.2 Å². The van der Waals surface area contributed by atoms with Gasteiger partial charge in [-0.3, -0.25) is 9.59 Å².